The molecule has 1 aromatic rings. The van der Waals surface area contributed by atoms with E-state index in [1.165, 1.54) is 0 Å². The molecule has 1 heterocycles. The minimum Gasteiger partial charge on any atom is -0.396 e. The van der Waals surface area contributed by atoms with Gasteiger partial charge in [-0.05, 0) is 6.92 Å². The normalized spacial score (nSPS) is 10.3. The van der Waals surface area contributed by atoms with Crippen LogP contribution in [0, 0.1) is 6.92 Å². The van der Waals surface area contributed by atoms with Crippen LogP contribution in [-0.2, 0) is 13.5 Å². The minimum absolute atomic E-state index is 0.193. The van der Waals surface area contributed by atoms with E-state index in [9.17, 15) is 0 Å². The third-order valence-electron chi connectivity index (χ3n) is 1.68. The zero-order valence-electron chi connectivity index (χ0n) is 6.33. The Morgan fingerprint density at radius 3 is 2.80 bits per heavy atom. The van der Waals surface area contributed by atoms with Crippen LogP contribution in [0.4, 0.5) is 0 Å². The number of aliphatic hydroxyl groups excluding tert-OH is 1. The van der Waals surface area contributed by atoms with Gasteiger partial charge in [-0.3, -0.25) is 0 Å². The number of nitrogens with zero attached hydrogens (tertiary/aromatic N) is 2. The maximum absolute atomic E-state index is 8.61. The molecule has 0 aliphatic rings. The molecule has 3 nitrogen and oxygen atoms in total. The summed E-state index contributed by atoms with van der Waals surface area (Å²) in [5, 5.41) is 8.61. The molecule has 0 aromatic carbocycles. The molecule has 0 aliphatic carbocycles. The van der Waals surface area contributed by atoms with E-state index in [-0.39, 0.29) is 6.61 Å². The lowest BCUT2D eigenvalue weighted by Crippen LogP contribution is -2.00. The number of imidazole rings is 1. The molecular formula is C7H12N2O. The number of hydrogen-bond donors (Lipinski definition) is 1. The van der Waals surface area contributed by atoms with Crippen LogP contribution in [0.3, 0.4) is 0 Å². The van der Waals surface area contributed by atoms with Gasteiger partial charge in [0, 0.05) is 32.0 Å². The molecule has 0 fully saturated rings. The Morgan fingerprint density at radius 1 is 1.70 bits per heavy atom. The van der Waals surface area contributed by atoms with Crippen LogP contribution in [0.2, 0.25) is 0 Å². The molecule has 0 atom stereocenters. The quantitative estimate of drug-likeness (QED) is 0.640. The number of aromatic nitrogens is 2. The van der Waals surface area contributed by atoms with Crippen LogP contribution in [-0.4, -0.2) is 21.3 Å². The Hall–Kier alpha value is -0.830. The van der Waals surface area contributed by atoms with Crippen LogP contribution in [0.25, 0.3) is 0 Å². The lowest BCUT2D eigenvalue weighted by molar-refractivity contribution is 0.297. The second-order valence-electron chi connectivity index (χ2n) is 2.33. The second-order valence-corrected chi connectivity index (χ2v) is 2.33. The Morgan fingerprint density at radius 2 is 2.40 bits per heavy atom. The first kappa shape index (κ1) is 7.28. The molecule has 0 spiro atoms. The van der Waals surface area contributed by atoms with E-state index in [4.69, 9.17) is 5.11 Å². The highest BCUT2D eigenvalue weighted by Gasteiger charge is 1.99. The average Bonchev–Trinajstić information content (AvgIpc) is 2.20. The zero-order chi connectivity index (χ0) is 7.56. The highest BCUT2D eigenvalue weighted by Crippen LogP contribution is 2.01. The first-order valence-electron chi connectivity index (χ1n) is 3.33. The third-order valence-corrected chi connectivity index (χ3v) is 1.68. The summed E-state index contributed by atoms with van der Waals surface area (Å²) >= 11 is 0. The SMILES string of the molecule is Cc1ncc(CCO)n1C. The number of aryl methyl sites for hydroxylation is 1. The van der Waals surface area contributed by atoms with Gasteiger partial charge in [0.15, 0.2) is 0 Å². The summed E-state index contributed by atoms with van der Waals surface area (Å²) in [5.41, 5.74) is 1.08. The van der Waals surface area contributed by atoms with Gasteiger partial charge in [-0.2, -0.15) is 0 Å². The number of hydrogen-bond acceptors (Lipinski definition) is 2. The summed E-state index contributed by atoms with van der Waals surface area (Å²) in [6.45, 7) is 2.14. The van der Waals surface area contributed by atoms with Crippen molar-refractivity contribution in [1.82, 2.24) is 9.55 Å². The van der Waals surface area contributed by atoms with Crippen molar-refractivity contribution in [2.24, 2.45) is 7.05 Å². The topological polar surface area (TPSA) is 38.1 Å². The van der Waals surface area contributed by atoms with Crippen LogP contribution in [0.15, 0.2) is 6.20 Å². The molecule has 3 heteroatoms. The Labute approximate surface area is 60.3 Å². The molecule has 56 valence electrons. The smallest absolute Gasteiger partial charge is 0.105 e. The van der Waals surface area contributed by atoms with Gasteiger partial charge >= 0.3 is 0 Å². The fourth-order valence-electron chi connectivity index (χ4n) is 0.896. The fraction of sp³-hybridized carbons (Fsp3) is 0.571. The van der Waals surface area contributed by atoms with Gasteiger partial charge in [0.1, 0.15) is 5.82 Å². The summed E-state index contributed by atoms with van der Waals surface area (Å²) in [4.78, 5) is 4.09. The molecule has 0 radical (unpaired) electrons. The summed E-state index contributed by atoms with van der Waals surface area (Å²) in [6.07, 6.45) is 2.49. The van der Waals surface area contributed by atoms with Gasteiger partial charge in [0.2, 0.25) is 0 Å². The molecule has 0 saturated carbocycles. The van der Waals surface area contributed by atoms with Crippen molar-refractivity contribution in [3.8, 4) is 0 Å². The van der Waals surface area contributed by atoms with E-state index in [2.05, 4.69) is 4.98 Å². The van der Waals surface area contributed by atoms with E-state index in [1.54, 1.807) is 6.20 Å². The van der Waals surface area contributed by atoms with E-state index in [0.29, 0.717) is 6.42 Å². The lowest BCUT2D eigenvalue weighted by Gasteiger charge is -1.99. The molecule has 1 aromatic heterocycles. The third kappa shape index (κ3) is 1.19. The van der Waals surface area contributed by atoms with Crippen molar-refractivity contribution in [2.75, 3.05) is 6.61 Å². The van der Waals surface area contributed by atoms with Crippen molar-refractivity contribution in [3.63, 3.8) is 0 Å². The van der Waals surface area contributed by atoms with Crippen molar-refractivity contribution < 1.29 is 5.11 Å². The van der Waals surface area contributed by atoms with Gasteiger partial charge in [-0.25, -0.2) is 4.98 Å². The first-order valence-corrected chi connectivity index (χ1v) is 3.33. The predicted molar refractivity (Wildman–Crippen MR) is 38.7 cm³/mol. The van der Waals surface area contributed by atoms with Crippen LogP contribution in [0.5, 0.6) is 0 Å². The van der Waals surface area contributed by atoms with Crippen molar-refractivity contribution >= 4 is 0 Å². The lowest BCUT2D eigenvalue weighted by atomic mass is 10.3. The Balaban J connectivity index is 2.83. The van der Waals surface area contributed by atoms with Crippen LogP contribution >= 0.6 is 0 Å². The first-order chi connectivity index (χ1) is 4.75. The molecule has 0 aliphatic heterocycles. The van der Waals surface area contributed by atoms with E-state index in [0.717, 1.165) is 11.5 Å². The molecule has 10 heavy (non-hydrogen) atoms. The van der Waals surface area contributed by atoms with Gasteiger partial charge in [0.05, 0.1) is 0 Å². The average molecular weight is 140 g/mol. The molecule has 0 amide bonds. The molecule has 0 saturated heterocycles. The number of aliphatic hydroxyl groups is 1. The highest BCUT2D eigenvalue weighted by molar-refractivity contribution is 5.03. The fourth-order valence-corrected chi connectivity index (χ4v) is 0.896. The standard InChI is InChI=1S/C7H12N2O/c1-6-8-5-7(3-4-10)9(6)2/h5,10H,3-4H2,1-2H3. The summed E-state index contributed by atoms with van der Waals surface area (Å²) in [7, 11) is 1.95. The van der Waals surface area contributed by atoms with Gasteiger partial charge in [-0.15, -0.1) is 0 Å². The zero-order valence-corrected chi connectivity index (χ0v) is 6.33. The summed E-state index contributed by atoms with van der Waals surface area (Å²) in [5.74, 6) is 0.989. The largest absolute Gasteiger partial charge is 0.396 e. The van der Waals surface area contributed by atoms with Crippen molar-refractivity contribution in [3.05, 3.63) is 17.7 Å². The van der Waals surface area contributed by atoms with Gasteiger partial charge in [0.25, 0.3) is 0 Å². The second kappa shape index (κ2) is 2.84. The predicted octanol–water partition coefficient (Wildman–Crippen LogP) is 0.263. The molecule has 0 unspecified atom stereocenters. The van der Waals surface area contributed by atoms with Crippen molar-refractivity contribution in [1.29, 1.82) is 0 Å². The van der Waals surface area contributed by atoms with Crippen LogP contribution in [0.1, 0.15) is 11.5 Å². The van der Waals surface area contributed by atoms with Crippen molar-refractivity contribution in [2.45, 2.75) is 13.3 Å². The molecular weight excluding hydrogens is 128 g/mol. The highest BCUT2D eigenvalue weighted by atomic mass is 16.3. The summed E-state index contributed by atoms with van der Waals surface area (Å²) < 4.78 is 1.98. The molecule has 1 N–H and O–H groups in total. The van der Waals surface area contributed by atoms with E-state index >= 15 is 0 Å². The van der Waals surface area contributed by atoms with Crippen LogP contribution < -0.4 is 0 Å². The minimum atomic E-state index is 0.193. The van der Waals surface area contributed by atoms with E-state index < -0.39 is 0 Å². The maximum atomic E-state index is 8.61. The monoisotopic (exact) mass is 140 g/mol. The molecule has 1 rings (SSSR count). The molecule has 0 bridgehead atoms. The Kier molecular flexibility index (Phi) is 2.06. The van der Waals surface area contributed by atoms with Gasteiger partial charge < -0.3 is 9.67 Å². The van der Waals surface area contributed by atoms with E-state index in [1.807, 2.05) is 18.5 Å². The summed E-state index contributed by atoms with van der Waals surface area (Å²) in [6, 6.07) is 0. The maximum Gasteiger partial charge on any atom is 0.105 e. The van der Waals surface area contributed by atoms with Gasteiger partial charge in [-0.1, -0.05) is 0 Å². The number of rotatable bonds is 2. The Bertz CT molecular complexity index is 217.